The summed E-state index contributed by atoms with van der Waals surface area (Å²) in [6, 6.07) is 9.05. The minimum absolute atomic E-state index is 0.158. The summed E-state index contributed by atoms with van der Waals surface area (Å²) in [5.41, 5.74) is 1.06. The van der Waals surface area contributed by atoms with Gasteiger partial charge in [0.25, 0.3) is 10.8 Å². The lowest BCUT2D eigenvalue weighted by molar-refractivity contribution is -0.122. The van der Waals surface area contributed by atoms with Gasteiger partial charge in [-0.25, -0.2) is 4.68 Å². The molecule has 2 heterocycles. The summed E-state index contributed by atoms with van der Waals surface area (Å²) in [5.74, 6) is -0.981. The SMILES string of the molecule is Cc1c(NC(=O)C[C@@H]2SC(=O)NC2=O)c(=O)n(-c2ccccc2)n1C. The van der Waals surface area contributed by atoms with Crippen LogP contribution in [0, 0.1) is 6.92 Å². The first kappa shape index (κ1) is 17.0. The van der Waals surface area contributed by atoms with E-state index < -0.39 is 22.3 Å². The van der Waals surface area contributed by atoms with Gasteiger partial charge in [0.05, 0.1) is 11.4 Å². The molecule has 1 aromatic heterocycles. The molecule has 2 aromatic rings. The molecule has 1 saturated heterocycles. The van der Waals surface area contributed by atoms with Crippen LogP contribution in [0.3, 0.4) is 0 Å². The Hall–Kier alpha value is -2.81. The number of benzene rings is 1. The summed E-state index contributed by atoms with van der Waals surface area (Å²) in [6.07, 6.45) is -0.179. The number of imide groups is 1. The number of carbonyl (C=O) groups is 3. The van der Waals surface area contributed by atoms with Crippen LogP contribution in [0.15, 0.2) is 35.1 Å². The van der Waals surface area contributed by atoms with Crippen LogP contribution in [0.5, 0.6) is 0 Å². The second-order valence-corrected chi connectivity index (χ2v) is 6.75. The Morgan fingerprint density at radius 1 is 1.24 bits per heavy atom. The lowest BCUT2D eigenvalue weighted by atomic mass is 10.2. The summed E-state index contributed by atoms with van der Waals surface area (Å²) >= 11 is 0.777. The van der Waals surface area contributed by atoms with Gasteiger partial charge in [-0.05, 0) is 19.1 Å². The fourth-order valence-electron chi connectivity index (χ4n) is 2.60. The number of aromatic nitrogens is 2. The molecule has 3 rings (SSSR count). The number of rotatable bonds is 4. The molecule has 25 heavy (non-hydrogen) atoms. The van der Waals surface area contributed by atoms with Gasteiger partial charge in [-0.2, -0.15) is 0 Å². The number of hydrogen-bond donors (Lipinski definition) is 2. The lowest BCUT2D eigenvalue weighted by Gasteiger charge is -2.07. The molecule has 0 radical (unpaired) electrons. The number of amides is 3. The number of carbonyl (C=O) groups excluding carboxylic acids is 3. The maximum atomic E-state index is 12.7. The molecule has 1 fully saturated rings. The molecular weight excluding hydrogens is 344 g/mol. The monoisotopic (exact) mass is 360 g/mol. The molecule has 0 saturated carbocycles. The smallest absolute Gasteiger partial charge is 0.295 e. The first-order chi connectivity index (χ1) is 11.9. The van der Waals surface area contributed by atoms with Crippen molar-refractivity contribution in [3.05, 3.63) is 46.4 Å². The molecule has 2 N–H and O–H groups in total. The van der Waals surface area contributed by atoms with Gasteiger partial charge in [0.1, 0.15) is 10.9 Å². The normalized spacial score (nSPS) is 16.8. The van der Waals surface area contributed by atoms with Crippen molar-refractivity contribution in [1.29, 1.82) is 0 Å². The molecule has 0 unspecified atom stereocenters. The summed E-state index contributed by atoms with van der Waals surface area (Å²) in [5, 5.41) is 3.46. The van der Waals surface area contributed by atoms with E-state index >= 15 is 0 Å². The Labute approximate surface area is 147 Å². The third-order valence-corrected chi connectivity index (χ3v) is 4.94. The Morgan fingerprint density at radius 3 is 2.52 bits per heavy atom. The van der Waals surface area contributed by atoms with E-state index in [1.165, 1.54) is 4.68 Å². The highest BCUT2D eigenvalue weighted by Gasteiger charge is 2.33. The van der Waals surface area contributed by atoms with Crippen molar-refractivity contribution in [2.75, 3.05) is 5.32 Å². The quantitative estimate of drug-likeness (QED) is 0.852. The van der Waals surface area contributed by atoms with Crippen molar-refractivity contribution in [2.24, 2.45) is 7.05 Å². The number of hydrogen-bond acceptors (Lipinski definition) is 5. The summed E-state index contributed by atoms with van der Waals surface area (Å²) in [6.45, 7) is 1.72. The van der Waals surface area contributed by atoms with Crippen LogP contribution in [0.1, 0.15) is 12.1 Å². The molecule has 1 aliphatic rings. The van der Waals surface area contributed by atoms with E-state index in [4.69, 9.17) is 0 Å². The molecule has 8 nitrogen and oxygen atoms in total. The van der Waals surface area contributed by atoms with Crippen molar-refractivity contribution in [3.63, 3.8) is 0 Å². The maximum Gasteiger partial charge on any atom is 0.295 e. The predicted octanol–water partition coefficient (Wildman–Crippen LogP) is 1.16. The fraction of sp³-hybridized carbons (Fsp3) is 0.250. The van der Waals surface area contributed by atoms with Crippen molar-refractivity contribution >= 4 is 34.5 Å². The third-order valence-electron chi connectivity index (χ3n) is 3.96. The van der Waals surface area contributed by atoms with Crippen molar-refractivity contribution < 1.29 is 14.4 Å². The molecule has 1 aliphatic heterocycles. The van der Waals surface area contributed by atoms with Gasteiger partial charge in [0, 0.05) is 13.5 Å². The molecule has 3 amide bonds. The highest BCUT2D eigenvalue weighted by molar-refractivity contribution is 8.15. The number of nitrogens with zero attached hydrogens (tertiary/aromatic N) is 2. The molecule has 0 spiro atoms. The highest BCUT2D eigenvalue weighted by atomic mass is 32.2. The summed E-state index contributed by atoms with van der Waals surface area (Å²) in [4.78, 5) is 47.6. The van der Waals surface area contributed by atoms with E-state index in [9.17, 15) is 19.2 Å². The van der Waals surface area contributed by atoms with Crippen LogP contribution in [0.2, 0.25) is 0 Å². The topological polar surface area (TPSA) is 102 Å². The van der Waals surface area contributed by atoms with Gasteiger partial charge < -0.3 is 5.32 Å². The Bertz CT molecular complexity index is 916. The van der Waals surface area contributed by atoms with Gasteiger partial charge in [-0.3, -0.25) is 29.2 Å². The van der Waals surface area contributed by atoms with Gasteiger partial charge in [0.15, 0.2) is 0 Å². The van der Waals surface area contributed by atoms with E-state index in [0.717, 1.165) is 11.8 Å². The van der Waals surface area contributed by atoms with Crippen molar-refractivity contribution in [3.8, 4) is 5.69 Å². The van der Waals surface area contributed by atoms with E-state index in [0.29, 0.717) is 11.4 Å². The average Bonchev–Trinajstić information content (AvgIpc) is 2.99. The maximum absolute atomic E-state index is 12.7. The number of nitrogens with one attached hydrogen (secondary N) is 2. The fourth-order valence-corrected chi connectivity index (χ4v) is 3.42. The van der Waals surface area contributed by atoms with Crippen LogP contribution in [-0.2, 0) is 16.6 Å². The van der Waals surface area contributed by atoms with Gasteiger partial charge in [-0.1, -0.05) is 30.0 Å². The second-order valence-electron chi connectivity index (χ2n) is 5.57. The predicted molar refractivity (Wildman–Crippen MR) is 93.9 cm³/mol. The third kappa shape index (κ3) is 3.22. The summed E-state index contributed by atoms with van der Waals surface area (Å²) in [7, 11) is 1.72. The van der Waals surface area contributed by atoms with Crippen LogP contribution in [0.4, 0.5) is 10.5 Å². The Morgan fingerprint density at radius 2 is 1.92 bits per heavy atom. The largest absolute Gasteiger partial charge is 0.320 e. The molecule has 0 bridgehead atoms. The Kier molecular flexibility index (Phi) is 4.49. The zero-order valence-corrected chi connectivity index (χ0v) is 14.4. The second kappa shape index (κ2) is 6.60. The highest BCUT2D eigenvalue weighted by Crippen LogP contribution is 2.22. The van der Waals surface area contributed by atoms with E-state index in [1.54, 1.807) is 30.8 Å². The zero-order valence-electron chi connectivity index (χ0n) is 13.6. The first-order valence-electron chi connectivity index (χ1n) is 7.54. The number of anilines is 1. The van der Waals surface area contributed by atoms with Crippen molar-refractivity contribution in [2.45, 2.75) is 18.6 Å². The Balaban J connectivity index is 1.84. The lowest BCUT2D eigenvalue weighted by Crippen LogP contribution is -2.29. The minimum Gasteiger partial charge on any atom is -0.320 e. The van der Waals surface area contributed by atoms with E-state index in [-0.39, 0.29) is 17.7 Å². The molecule has 9 heteroatoms. The average molecular weight is 360 g/mol. The molecular formula is C16H16N4O4S. The summed E-state index contributed by atoms with van der Waals surface area (Å²) < 4.78 is 3.10. The van der Waals surface area contributed by atoms with E-state index in [1.807, 2.05) is 18.2 Å². The van der Waals surface area contributed by atoms with Gasteiger partial charge in [-0.15, -0.1) is 0 Å². The molecule has 1 atom stereocenters. The standard InChI is InChI=1S/C16H16N4O4S/c1-9-13(17-12(21)8-11-14(22)18-16(24)25-11)15(23)20(19(9)2)10-6-4-3-5-7-10/h3-7,11H,8H2,1-2H3,(H,17,21)(H,18,22,24)/t11-/m0/s1. The first-order valence-corrected chi connectivity index (χ1v) is 8.42. The van der Waals surface area contributed by atoms with Crippen LogP contribution in [0.25, 0.3) is 5.69 Å². The zero-order chi connectivity index (χ0) is 18.1. The number of thioether (sulfide) groups is 1. The van der Waals surface area contributed by atoms with Gasteiger partial charge >= 0.3 is 0 Å². The van der Waals surface area contributed by atoms with Crippen LogP contribution >= 0.6 is 11.8 Å². The minimum atomic E-state index is -0.770. The van der Waals surface area contributed by atoms with Crippen molar-refractivity contribution in [1.82, 2.24) is 14.7 Å². The molecule has 1 aromatic carbocycles. The number of para-hydroxylation sites is 1. The van der Waals surface area contributed by atoms with Gasteiger partial charge in [0.2, 0.25) is 11.8 Å². The van der Waals surface area contributed by atoms with E-state index in [2.05, 4.69) is 10.6 Å². The molecule has 130 valence electrons. The molecule has 0 aliphatic carbocycles. The van der Waals surface area contributed by atoms with Crippen LogP contribution in [-0.4, -0.2) is 31.7 Å². The van der Waals surface area contributed by atoms with Crippen LogP contribution < -0.4 is 16.2 Å².